The van der Waals surface area contributed by atoms with E-state index in [2.05, 4.69) is 5.32 Å². The molecule has 1 aromatic rings. The lowest BCUT2D eigenvalue weighted by atomic mass is 10.4. The first-order valence-corrected chi connectivity index (χ1v) is 9.08. The van der Waals surface area contributed by atoms with Crippen LogP contribution >= 0.6 is 11.3 Å². The molecule has 5 N–H and O–H groups in total. The minimum atomic E-state index is -3.54. The van der Waals surface area contributed by atoms with Gasteiger partial charge in [-0.25, -0.2) is 8.42 Å². The highest BCUT2D eigenvalue weighted by atomic mass is 32.2. The van der Waals surface area contributed by atoms with Gasteiger partial charge in [-0.2, -0.15) is 0 Å². The zero-order valence-corrected chi connectivity index (χ0v) is 13.8. The van der Waals surface area contributed by atoms with Gasteiger partial charge in [0.1, 0.15) is 14.8 Å². The van der Waals surface area contributed by atoms with Crippen molar-refractivity contribution in [2.75, 3.05) is 36.6 Å². The highest BCUT2D eigenvalue weighted by Crippen LogP contribution is 2.39. The van der Waals surface area contributed by atoms with Gasteiger partial charge in [0.25, 0.3) is 5.91 Å². The zero-order valence-electron chi connectivity index (χ0n) is 12.1. The molecule has 0 aromatic carbocycles. The average molecular weight is 335 g/mol. The fraction of sp³-hybridized carbons (Fsp3) is 0.583. The van der Waals surface area contributed by atoms with Gasteiger partial charge in [-0.3, -0.25) is 4.79 Å². The quantitative estimate of drug-likeness (QED) is 0.580. The van der Waals surface area contributed by atoms with Gasteiger partial charge in [0.2, 0.25) is 0 Å². The summed E-state index contributed by atoms with van der Waals surface area (Å²) in [6.07, 6.45) is 0.711. The fourth-order valence-electron chi connectivity index (χ4n) is 1.70. The Hall–Kier alpha value is -1.32. The molecule has 0 spiro atoms. The van der Waals surface area contributed by atoms with E-state index >= 15 is 0 Å². The summed E-state index contributed by atoms with van der Waals surface area (Å²) in [7, 11) is -3.54. The van der Waals surface area contributed by atoms with Gasteiger partial charge in [-0.15, -0.1) is 11.3 Å². The van der Waals surface area contributed by atoms with Gasteiger partial charge in [-0.05, 0) is 13.3 Å². The zero-order chi connectivity index (χ0) is 16.0. The van der Waals surface area contributed by atoms with E-state index in [0.717, 1.165) is 11.3 Å². The minimum absolute atomic E-state index is 0.0276. The van der Waals surface area contributed by atoms with Gasteiger partial charge in [0.05, 0.1) is 11.4 Å². The Morgan fingerprint density at radius 2 is 2.05 bits per heavy atom. The maximum Gasteiger partial charge on any atom is 0.261 e. The van der Waals surface area contributed by atoms with Crippen molar-refractivity contribution in [3.05, 3.63) is 4.88 Å². The number of ether oxygens (including phenoxy) is 1. The molecule has 0 atom stereocenters. The summed E-state index contributed by atoms with van der Waals surface area (Å²) in [6.45, 7) is 5.15. The van der Waals surface area contributed by atoms with Crippen LogP contribution in [0.1, 0.15) is 29.9 Å². The second-order valence-corrected chi connectivity index (χ2v) is 7.48. The molecule has 1 heterocycles. The van der Waals surface area contributed by atoms with Crippen molar-refractivity contribution in [1.82, 2.24) is 0 Å². The molecule has 0 bridgehead atoms. The Bertz CT molecular complexity index is 596. The van der Waals surface area contributed by atoms with Gasteiger partial charge in [0, 0.05) is 19.8 Å². The van der Waals surface area contributed by atoms with Gasteiger partial charge in [-0.1, -0.05) is 6.92 Å². The van der Waals surface area contributed by atoms with Gasteiger partial charge >= 0.3 is 0 Å². The summed E-state index contributed by atoms with van der Waals surface area (Å²) in [5.74, 6) is -0.827. The number of anilines is 2. The van der Waals surface area contributed by atoms with E-state index in [1.54, 1.807) is 0 Å². The molecule has 0 fully saturated rings. The smallest absolute Gasteiger partial charge is 0.261 e. The Balaban J connectivity index is 3.01. The summed E-state index contributed by atoms with van der Waals surface area (Å²) >= 11 is 0.970. The van der Waals surface area contributed by atoms with Crippen LogP contribution in [0, 0.1) is 0 Å². The van der Waals surface area contributed by atoms with Crippen LogP contribution in [0.25, 0.3) is 0 Å². The molecule has 1 rings (SSSR count). The minimum Gasteiger partial charge on any atom is -0.396 e. The molecular formula is C12H21N3O4S2. The summed E-state index contributed by atoms with van der Waals surface area (Å²) < 4.78 is 29.5. The molecular weight excluding hydrogens is 314 g/mol. The van der Waals surface area contributed by atoms with Crippen LogP contribution in [0.4, 0.5) is 10.7 Å². The molecule has 0 aliphatic rings. The van der Waals surface area contributed by atoms with Crippen LogP contribution in [0.3, 0.4) is 0 Å². The topological polar surface area (TPSA) is 125 Å². The second kappa shape index (κ2) is 7.62. The van der Waals surface area contributed by atoms with Crippen molar-refractivity contribution in [3.8, 4) is 0 Å². The van der Waals surface area contributed by atoms with Crippen molar-refractivity contribution in [2.24, 2.45) is 5.73 Å². The third-order valence-electron chi connectivity index (χ3n) is 2.77. The number of thiophene rings is 1. The largest absolute Gasteiger partial charge is 0.396 e. The molecule has 0 saturated heterocycles. The van der Waals surface area contributed by atoms with Gasteiger partial charge in [0.15, 0.2) is 9.84 Å². The van der Waals surface area contributed by atoms with Crippen LogP contribution in [0.15, 0.2) is 4.90 Å². The Morgan fingerprint density at radius 3 is 2.57 bits per heavy atom. The lowest BCUT2D eigenvalue weighted by Gasteiger charge is -2.08. The Kier molecular flexibility index (Phi) is 6.43. The number of carbonyl (C=O) groups is 1. The van der Waals surface area contributed by atoms with E-state index in [0.29, 0.717) is 31.2 Å². The highest BCUT2D eigenvalue weighted by molar-refractivity contribution is 7.91. The number of rotatable bonds is 9. The van der Waals surface area contributed by atoms with Crippen LogP contribution in [-0.2, 0) is 14.6 Å². The molecule has 0 aliphatic carbocycles. The molecule has 0 unspecified atom stereocenters. The van der Waals surface area contributed by atoms with E-state index in [-0.39, 0.29) is 21.2 Å². The first-order chi connectivity index (χ1) is 9.85. The molecule has 0 radical (unpaired) electrons. The fourth-order valence-corrected chi connectivity index (χ4v) is 4.25. The van der Waals surface area contributed by atoms with Crippen LogP contribution in [-0.4, -0.2) is 39.8 Å². The Morgan fingerprint density at radius 1 is 1.38 bits per heavy atom. The number of amides is 1. The number of sulfone groups is 1. The Labute approximate surface area is 128 Å². The van der Waals surface area contributed by atoms with Crippen molar-refractivity contribution in [2.45, 2.75) is 25.2 Å². The lowest BCUT2D eigenvalue weighted by Crippen LogP contribution is -2.13. The SMILES string of the molecule is CCOCCCNc1sc(C(N)=O)c(N)c1S(=O)(=O)CC. The van der Waals surface area contributed by atoms with E-state index in [9.17, 15) is 13.2 Å². The molecule has 120 valence electrons. The van der Waals surface area contributed by atoms with Crippen LogP contribution < -0.4 is 16.8 Å². The highest BCUT2D eigenvalue weighted by Gasteiger charge is 2.27. The molecule has 7 nitrogen and oxygen atoms in total. The lowest BCUT2D eigenvalue weighted by molar-refractivity contribution is 0.100. The number of nitrogens with one attached hydrogen (secondary N) is 1. The number of carbonyl (C=O) groups excluding carboxylic acids is 1. The van der Waals surface area contributed by atoms with E-state index in [1.807, 2.05) is 6.92 Å². The molecule has 1 amide bonds. The average Bonchev–Trinajstić information content (AvgIpc) is 2.76. The van der Waals surface area contributed by atoms with Crippen molar-refractivity contribution in [3.63, 3.8) is 0 Å². The third-order valence-corrected chi connectivity index (χ3v) is 5.88. The molecule has 9 heteroatoms. The first-order valence-electron chi connectivity index (χ1n) is 6.61. The summed E-state index contributed by atoms with van der Waals surface area (Å²) in [6, 6.07) is 0. The molecule has 1 aromatic heterocycles. The standard InChI is InChI=1S/C12H21N3O4S2/c1-3-19-7-5-6-15-12-10(21(17,18)4-2)8(13)9(20-12)11(14)16/h15H,3-7,13H2,1-2H3,(H2,14,16). The predicted octanol–water partition coefficient (Wildman–Crippen LogP) is 1.06. The molecule has 0 aliphatic heterocycles. The van der Waals surface area contributed by atoms with Crippen LogP contribution in [0.2, 0.25) is 0 Å². The van der Waals surface area contributed by atoms with E-state index in [1.165, 1.54) is 6.92 Å². The maximum absolute atomic E-state index is 12.1. The second-order valence-electron chi connectivity index (χ2n) is 4.25. The number of primary amides is 1. The molecule has 0 saturated carbocycles. The number of hydrogen-bond acceptors (Lipinski definition) is 7. The van der Waals surface area contributed by atoms with E-state index < -0.39 is 15.7 Å². The first kappa shape index (κ1) is 17.7. The number of nitrogen functional groups attached to an aromatic ring is 1. The van der Waals surface area contributed by atoms with E-state index in [4.69, 9.17) is 16.2 Å². The van der Waals surface area contributed by atoms with Gasteiger partial charge < -0.3 is 21.5 Å². The summed E-state index contributed by atoms with van der Waals surface area (Å²) in [5, 5.41) is 3.36. The van der Waals surface area contributed by atoms with Crippen molar-refractivity contribution < 1.29 is 17.9 Å². The van der Waals surface area contributed by atoms with Crippen LogP contribution in [0.5, 0.6) is 0 Å². The van der Waals surface area contributed by atoms with Crippen molar-refractivity contribution in [1.29, 1.82) is 0 Å². The maximum atomic E-state index is 12.1. The third kappa shape index (κ3) is 4.32. The van der Waals surface area contributed by atoms with Crippen molar-refractivity contribution >= 4 is 37.8 Å². The predicted molar refractivity (Wildman–Crippen MR) is 84.6 cm³/mol. The summed E-state index contributed by atoms with van der Waals surface area (Å²) in [4.78, 5) is 11.4. The molecule has 21 heavy (non-hydrogen) atoms. The number of nitrogens with two attached hydrogens (primary N) is 2. The normalized spacial score (nSPS) is 11.5. The summed E-state index contributed by atoms with van der Waals surface area (Å²) in [5.41, 5.74) is 10.9. The number of hydrogen-bond donors (Lipinski definition) is 3. The monoisotopic (exact) mass is 335 g/mol.